The third-order valence-electron chi connectivity index (χ3n) is 2.14. The quantitative estimate of drug-likeness (QED) is 0.807. The predicted molar refractivity (Wildman–Crippen MR) is 62.0 cm³/mol. The molecule has 0 aliphatic heterocycles. The summed E-state index contributed by atoms with van der Waals surface area (Å²) >= 11 is 0. The Labute approximate surface area is 99.1 Å². The minimum atomic E-state index is 0.330. The van der Waals surface area contributed by atoms with E-state index in [1.54, 1.807) is 31.4 Å². The summed E-state index contributed by atoms with van der Waals surface area (Å²) in [7, 11) is 1.61. The average molecular weight is 226 g/mol. The first-order valence-corrected chi connectivity index (χ1v) is 5.00. The SMILES string of the molecule is COc1ccc(Oc2ccnc(C#N)c2)cc1. The Bertz CT molecular complexity index is 544. The minimum Gasteiger partial charge on any atom is -0.497 e. The number of benzene rings is 1. The van der Waals surface area contributed by atoms with E-state index in [1.165, 1.54) is 6.20 Å². The van der Waals surface area contributed by atoms with E-state index < -0.39 is 0 Å². The van der Waals surface area contributed by atoms with Crippen molar-refractivity contribution in [2.45, 2.75) is 0 Å². The minimum absolute atomic E-state index is 0.330. The van der Waals surface area contributed by atoms with Gasteiger partial charge in [-0.3, -0.25) is 0 Å². The Kier molecular flexibility index (Phi) is 3.22. The second kappa shape index (κ2) is 4.99. The smallest absolute Gasteiger partial charge is 0.144 e. The van der Waals surface area contributed by atoms with Gasteiger partial charge in [0.15, 0.2) is 0 Å². The molecule has 0 radical (unpaired) electrons. The van der Waals surface area contributed by atoms with Gasteiger partial charge >= 0.3 is 0 Å². The van der Waals surface area contributed by atoms with Crippen molar-refractivity contribution in [1.29, 1.82) is 5.26 Å². The molecule has 0 atom stereocenters. The molecule has 84 valence electrons. The van der Waals surface area contributed by atoms with Gasteiger partial charge in [0.2, 0.25) is 0 Å². The van der Waals surface area contributed by atoms with Gasteiger partial charge in [-0.05, 0) is 30.3 Å². The maximum Gasteiger partial charge on any atom is 0.144 e. The highest BCUT2D eigenvalue weighted by molar-refractivity contribution is 5.37. The van der Waals surface area contributed by atoms with E-state index in [-0.39, 0.29) is 0 Å². The molecule has 0 aliphatic rings. The van der Waals surface area contributed by atoms with Crippen LogP contribution in [-0.4, -0.2) is 12.1 Å². The molecule has 0 fully saturated rings. The Morgan fingerprint density at radius 2 is 1.76 bits per heavy atom. The number of ether oxygens (including phenoxy) is 2. The zero-order valence-electron chi connectivity index (χ0n) is 9.25. The van der Waals surface area contributed by atoms with Crippen molar-refractivity contribution in [3.05, 3.63) is 48.3 Å². The number of pyridine rings is 1. The lowest BCUT2D eigenvalue weighted by Gasteiger charge is -2.06. The van der Waals surface area contributed by atoms with Crippen LogP contribution in [0.4, 0.5) is 0 Å². The summed E-state index contributed by atoms with van der Waals surface area (Å²) in [5.41, 5.74) is 0.330. The van der Waals surface area contributed by atoms with Gasteiger partial charge in [-0.15, -0.1) is 0 Å². The van der Waals surface area contributed by atoms with Crippen LogP contribution in [0.1, 0.15) is 5.69 Å². The lowest BCUT2D eigenvalue weighted by atomic mass is 10.3. The Balaban J connectivity index is 2.16. The number of aromatic nitrogens is 1. The number of nitrogens with zero attached hydrogens (tertiary/aromatic N) is 2. The molecule has 4 nitrogen and oxygen atoms in total. The zero-order valence-corrected chi connectivity index (χ0v) is 9.25. The maximum atomic E-state index is 8.71. The van der Waals surface area contributed by atoms with Gasteiger partial charge in [-0.2, -0.15) is 5.26 Å². The summed E-state index contributed by atoms with van der Waals surface area (Å²) in [6.07, 6.45) is 1.54. The maximum absolute atomic E-state index is 8.71. The van der Waals surface area contributed by atoms with E-state index >= 15 is 0 Å². The summed E-state index contributed by atoms with van der Waals surface area (Å²) in [6.45, 7) is 0. The molecule has 0 unspecified atom stereocenters. The summed E-state index contributed by atoms with van der Waals surface area (Å²) < 4.78 is 10.6. The van der Waals surface area contributed by atoms with E-state index in [0.29, 0.717) is 17.2 Å². The molecule has 0 saturated carbocycles. The Morgan fingerprint density at radius 1 is 1.06 bits per heavy atom. The standard InChI is InChI=1S/C13H10N2O2/c1-16-11-2-4-12(5-3-11)17-13-6-7-15-10(8-13)9-14/h2-8H,1H3. The van der Waals surface area contributed by atoms with Crippen molar-refractivity contribution >= 4 is 0 Å². The number of hydrogen-bond donors (Lipinski definition) is 0. The summed E-state index contributed by atoms with van der Waals surface area (Å²) in [4.78, 5) is 3.87. The molecule has 17 heavy (non-hydrogen) atoms. The molecule has 0 spiro atoms. The van der Waals surface area contributed by atoms with Crippen molar-refractivity contribution in [1.82, 2.24) is 4.98 Å². The summed E-state index contributed by atoms with van der Waals surface area (Å²) in [5, 5.41) is 8.71. The van der Waals surface area contributed by atoms with Gasteiger partial charge in [0, 0.05) is 12.3 Å². The highest BCUT2D eigenvalue weighted by Crippen LogP contribution is 2.23. The second-order valence-corrected chi connectivity index (χ2v) is 3.27. The first-order valence-electron chi connectivity index (χ1n) is 5.00. The fraction of sp³-hybridized carbons (Fsp3) is 0.0769. The molecular formula is C13H10N2O2. The van der Waals surface area contributed by atoms with Crippen LogP contribution in [0.15, 0.2) is 42.6 Å². The fourth-order valence-corrected chi connectivity index (χ4v) is 1.32. The van der Waals surface area contributed by atoms with Crippen LogP contribution in [0.25, 0.3) is 0 Å². The van der Waals surface area contributed by atoms with Gasteiger partial charge in [0.1, 0.15) is 29.0 Å². The van der Waals surface area contributed by atoms with Gasteiger partial charge in [0.05, 0.1) is 7.11 Å². The van der Waals surface area contributed by atoms with Gasteiger partial charge < -0.3 is 9.47 Å². The topological polar surface area (TPSA) is 55.1 Å². The molecule has 0 saturated heterocycles. The Morgan fingerprint density at radius 3 is 2.41 bits per heavy atom. The van der Waals surface area contributed by atoms with Crippen LogP contribution < -0.4 is 9.47 Å². The highest BCUT2D eigenvalue weighted by Gasteiger charge is 2.00. The largest absolute Gasteiger partial charge is 0.497 e. The monoisotopic (exact) mass is 226 g/mol. The normalized spacial score (nSPS) is 9.41. The van der Waals surface area contributed by atoms with Crippen LogP contribution in [0.2, 0.25) is 0 Å². The molecule has 0 bridgehead atoms. The molecule has 4 heteroatoms. The van der Waals surface area contributed by atoms with Crippen LogP contribution >= 0.6 is 0 Å². The van der Waals surface area contributed by atoms with E-state index in [4.69, 9.17) is 14.7 Å². The molecule has 1 heterocycles. The number of hydrogen-bond acceptors (Lipinski definition) is 4. The van der Waals surface area contributed by atoms with Crippen molar-refractivity contribution in [2.75, 3.05) is 7.11 Å². The van der Waals surface area contributed by atoms with Crippen molar-refractivity contribution < 1.29 is 9.47 Å². The third kappa shape index (κ3) is 2.73. The van der Waals surface area contributed by atoms with E-state index in [2.05, 4.69) is 4.98 Å². The lowest BCUT2D eigenvalue weighted by Crippen LogP contribution is -1.88. The van der Waals surface area contributed by atoms with E-state index in [0.717, 1.165) is 5.75 Å². The fourth-order valence-electron chi connectivity index (χ4n) is 1.32. The van der Waals surface area contributed by atoms with E-state index in [9.17, 15) is 0 Å². The Hall–Kier alpha value is -2.54. The molecule has 1 aromatic carbocycles. The number of methoxy groups -OCH3 is 1. The summed E-state index contributed by atoms with van der Waals surface area (Å²) in [6, 6.07) is 12.5. The number of nitriles is 1. The molecule has 2 rings (SSSR count). The average Bonchev–Trinajstić information content (AvgIpc) is 2.40. The third-order valence-corrected chi connectivity index (χ3v) is 2.14. The van der Waals surface area contributed by atoms with E-state index in [1.807, 2.05) is 18.2 Å². The van der Waals surface area contributed by atoms with Crippen LogP contribution in [0, 0.1) is 11.3 Å². The van der Waals surface area contributed by atoms with Crippen LogP contribution in [0.5, 0.6) is 17.2 Å². The molecule has 1 aromatic heterocycles. The number of rotatable bonds is 3. The lowest BCUT2D eigenvalue weighted by molar-refractivity contribution is 0.413. The van der Waals surface area contributed by atoms with Crippen molar-refractivity contribution in [2.24, 2.45) is 0 Å². The molecule has 0 amide bonds. The second-order valence-electron chi connectivity index (χ2n) is 3.27. The molecule has 0 aliphatic carbocycles. The molecule has 2 aromatic rings. The molecule has 0 N–H and O–H groups in total. The summed E-state index contributed by atoms with van der Waals surface area (Å²) in [5.74, 6) is 2.03. The zero-order chi connectivity index (χ0) is 12.1. The van der Waals surface area contributed by atoms with Gasteiger partial charge in [-0.1, -0.05) is 0 Å². The van der Waals surface area contributed by atoms with Crippen molar-refractivity contribution in [3.63, 3.8) is 0 Å². The first kappa shape index (κ1) is 11.0. The highest BCUT2D eigenvalue weighted by atomic mass is 16.5. The molecular weight excluding hydrogens is 216 g/mol. The van der Waals surface area contributed by atoms with Crippen LogP contribution in [-0.2, 0) is 0 Å². The van der Waals surface area contributed by atoms with Gasteiger partial charge in [-0.25, -0.2) is 4.98 Å². The van der Waals surface area contributed by atoms with Gasteiger partial charge in [0.25, 0.3) is 0 Å². The van der Waals surface area contributed by atoms with Crippen LogP contribution in [0.3, 0.4) is 0 Å². The first-order chi connectivity index (χ1) is 8.31. The van der Waals surface area contributed by atoms with Crippen molar-refractivity contribution in [3.8, 4) is 23.3 Å². The predicted octanol–water partition coefficient (Wildman–Crippen LogP) is 2.75.